The topological polar surface area (TPSA) is 58.0 Å². The van der Waals surface area contributed by atoms with Crippen LogP contribution in [0.4, 0.5) is 0 Å². The molecular formula is C11H13N3OS. The van der Waals surface area contributed by atoms with Gasteiger partial charge in [0.15, 0.2) is 0 Å². The molecule has 16 heavy (non-hydrogen) atoms. The molecule has 2 rings (SSSR count). The fraction of sp³-hybridized carbons (Fsp3) is 0.273. The third kappa shape index (κ3) is 3.01. The van der Waals surface area contributed by atoms with Gasteiger partial charge in [-0.3, -0.25) is 4.98 Å². The second-order valence-corrected chi connectivity index (χ2v) is 4.78. The van der Waals surface area contributed by atoms with Crippen molar-refractivity contribution >= 4 is 11.3 Å². The van der Waals surface area contributed by atoms with Gasteiger partial charge in [0.05, 0.1) is 16.9 Å². The molecule has 0 amide bonds. The highest BCUT2D eigenvalue weighted by molar-refractivity contribution is 7.11. The summed E-state index contributed by atoms with van der Waals surface area (Å²) in [4.78, 5) is 9.49. The minimum atomic E-state index is 0.196. The van der Waals surface area contributed by atoms with E-state index in [4.69, 9.17) is 5.11 Å². The molecule has 4 nitrogen and oxygen atoms in total. The Morgan fingerprint density at radius 1 is 1.25 bits per heavy atom. The lowest BCUT2D eigenvalue weighted by Crippen LogP contribution is -2.12. The van der Waals surface area contributed by atoms with Crippen LogP contribution in [0.5, 0.6) is 5.75 Å². The van der Waals surface area contributed by atoms with Gasteiger partial charge in [0.2, 0.25) is 0 Å². The van der Waals surface area contributed by atoms with Crippen molar-refractivity contribution in [3.63, 3.8) is 0 Å². The van der Waals surface area contributed by atoms with E-state index in [1.165, 1.54) is 11.1 Å². The van der Waals surface area contributed by atoms with Crippen molar-refractivity contribution in [1.82, 2.24) is 15.3 Å². The minimum absolute atomic E-state index is 0.196. The molecule has 84 valence electrons. The van der Waals surface area contributed by atoms with Crippen LogP contribution in [0.3, 0.4) is 0 Å². The van der Waals surface area contributed by atoms with Gasteiger partial charge in [-0.05, 0) is 19.1 Å². The Hall–Kier alpha value is -1.46. The quantitative estimate of drug-likeness (QED) is 0.849. The Balaban J connectivity index is 1.82. The Bertz CT molecular complexity index is 453. The first-order chi connectivity index (χ1) is 7.74. The zero-order chi connectivity index (χ0) is 11.4. The lowest BCUT2D eigenvalue weighted by Gasteiger charge is -2.02. The van der Waals surface area contributed by atoms with E-state index in [0.29, 0.717) is 6.54 Å². The number of pyridine rings is 1. The summed E-state index contributed by atoms with van der Waals surface area (Å²) in [6, 6.07) is 3.45. The van der Waals surface area contributed by atoms with Crippen molar-refractivity contribution in [1.29, 1.82) is 0 Å². The maximum Gasteiger partial charge on any atom is 0.133 e. The molecule has 0 spiro atoms. The molecular weight excluding hydrogens is 222 g/mol. The van der Waals surface area contributed by atoms with Crippen molar-refractivity contribution in [3.05, 3.63) is 40.1 Å². The van der Waals surface area contributed by atoms with E-state index >= 15 is 0 Å². The standard InChI is InChI=1S/C11H13N3OS/c1-8-13-7-11(16-8)6-12-4-9-2-3-10(15)5-14-9/h2-3,5,7,12,15H,4,6H2,1H3. The highest BCUT2D eigenvalue weighted by Crippen LogP contribution is 2.11. The summed E-state index contributed by atoms with van der Waals surface area (Å²) in [5, 5.41) is 13.4. The van der Waals surface area contributed by atoms with E-state index in [2.05, 4.69) is 15.3 Å². The van der Waals surface area contributed by atoms with E-state index < -0.39 is 0 Å². The van der Waals surface area contributed by atoms with Crippen LogP contribution in [0.1, 0.15) is 15.6 Å². The second-order valence-electron chi connectivity index (χ2n) is 3.46. The summed E-state index contributed by atoms with van der Waals surface area (Å²) in [7, 11) is 0. The molecule has 0 aliphatic rings. The minimum Gasteiger partial charge on any atom is -0.506 e. The van der Waals surface area contributed by atoms with Crippen LogP contribution in [-0.2, 0) is 13.1 Å². The lowest BCUT2D eigenvalue weighted by molar-refractivity contribution is 0.471. The van der Waals surface area contributed by atoms with Gasteiger partial charge >= 0.3 is 0 Å². The molecule has 0 fully saturated rings. The first kappa shape index (κ1) is 11.0. The predicted molar refractivity (Wildman–Crippen MR) is 63.3 cm³/mol. The summed E-state index contributed by atoms with van der Waals surface area (Å²) >= 11 is 1.69. The molecule has 0 aromatic carbocycles. The fourth-order valence-electron chi connectivity index (χ4n) is 1.32. The smallest absolute Gasteiger partial charge is 0.133 e. The fourth-order valence-corrected chi connectivity index (χ4v) is 2.09. The van der Waals surface area contributed by atoms with Crippen LogP contribution in [0, 0.1) is 6.92 Å². The number of thiazole rings is 1. The van der Waals surface area contributed by atoms with E-state index in [1.807, 2.05) is 13.1 Å². The number of nitrogens with one attached hydrogen (secondary N) is 1. The molecule has 2 aromatic rings. The highest BCUT2D eigenvalue weighted by Gasteiger charge is 1.98. The van der Waals surface area contributed by atoms with E-state index in [0.717, 1.165) is 17.2 Å². The molecule has 0 bridgehead atoms. The monoisotopic (exact) mass is 235 g/mol. The first-order valence-electron chi connectivity index (χ1n) is 5.00. The van der Waals surface area contributed by atoms with Crippen molar-refractivity contribution in [2.45, 2.75) is 20.0 Å². The third-order valence-corrected chi connectivity index (χ3v) is 3.00. The van der Waals surface area contributed by atoms with Gasteiger partial charge in [0.25, 0.3) is 0 Å². The summed E-state index contributed by atoms with van der Waals surface area (Å²) in [6.07, 6.45) is 3.34. The molecule has 0 atom stereocenters. The van der Waals surface area contributed by atoms with Crippen LogP contribution in [0.15, 0.2) is 24.5 Å². The number of aromatic hydroxyl groups is 1. The summed E-state index contributed by atoms with van der Waals surface area (Å²) in [6.45, 7) is 3.49. The number of nitrogens with zero attached hydrogens (tertiary/aromatic N) is 2. The molecule has 0 saturated carbocycles. The SMILES string of the molecule is Cc1ncc(CNCc2ccc(O)cn2)s1. The molecule has 5 heteroatoms. The molecule has 2 aromatic heterocycles. The zero-order valence-electron chi connectivity index (χ0n) is 8.97. The number of aryl methyl sites for hydroxylation is 1. The molecule has 0 saturated heterocycles. The molecule has 0 radical (unpaired) electrons. The maximum absolute atomic E-state index is 9.07. The largest absolute Gasteiger partial charge is 0.506 e. The van der Waals surface area contributed by atoms with Gasteiger partial charge < -0.3 is 10.4 Å². The predicted octanol–water partition coefficient (Wildman–Crippen LogP) is 1.84. The van der Waals surface area contributed by atoms with Gasteiger partial charge in [0, 0.05) is 24.2 Å². The van der Waals surface area contributed by atoms with Crippen molar-refractivity contribution < 1.29 is 5.11 Å². The van der Waals surface area contributed by atoms with Crippen molar-refractivity contribution in [3.8, 4) is 5.75 Å². The number of hydrogen-bond acceptors (Lipinski definition) is 5. The van der Waals surface area contributed by atoms with Crippen LogP contribution in [0.25, 0.3) is 0 Å². The molecule has 2 N–H and O–H groups in total. The Kier molecular flexibility index (Phi) is 3.48. The second kappa shape index (κ2) is 5.05. The number of hydrogen-bond donors (Lipinski definition) is 2. The average Bonchev–Trinajstić information content (AvgIpc) is 2.67. The molecule has 0 aliphatic heterocycles. The normalized spacial score (nSPS) is 10.6. The Labute approximate surface area is 98.0 Å². The van der Waals surface area contributed by atoms with Crippen molar-refractivity contribution in [2.75, 3.05) is 0 Å². The molecule has 0 aliphatic carbocycles. The highest BCUT2D eigenvalue weighted by atomic mass is 32.1. The summed E-state index contributed by atoms with van der Waals surface area (Å²) in [5.41, 5.74) is 0.916. The van der Waals surface area contributed by atoms with Gasteiger partial charge in [-0.1, -0.05) is 0 Å². The third-order valence-electron chi connectivity index (χ3n) is 2.08. The van der Waals surface area contributed by atoms with E-state index in [-0.39, 0.29) is 5.75 Å². The number of aromatic nitrogens is 2. The van der Waals surface area contributed by atoms with E-state index in [9.17, 15) is 0 Å². The zero-order valence-corrected chi connectivity index (χ0v) is 9.79. The van der Waals surface area contributed by atoms with Crippen LogP contribution in [0.2, 0.25) is 0 Å². The number of rotatable bonds is 4. The Morgan fingerprint density at radius 3 is 2.75 bits per heavy atom. The maximum atomic E-state index is 9.07. The van der Waals surface area contributed by atoms with Gasteiger partial charge in [-0.25, -0.2) is 4.98 Å². The summed E-state index contributed by atoms with van der Waals surface area (Å²) < 4.78 is 0. The van der Waals surface area contributed by atoms with Crippen LogP contribution < -0.4 is 5.32 Å². The van der Waals surface area contributed by atoms with Gasteiger partial charge in [0.1, 0.15) is 5.75 Å². The average molecular weight is 235 g/mol. The van der Waals surface area contributed by atoms with Crippen molar-refractivity contribution in [2.24, 2.45) is 0 Å². The van der Waals surface area contributed by atoms with Crippen LogP contribution >= 0.6 is 11.3 Å². The summed E-state index contributed by atoms with van der Waals surface area (Å²) in [5.74, 6) is 0.196. The first-order valence-corrected chi connectivity index (χ1v) is 5.81. The van der Waals surface area contributed by atoms with Gasteiger partial charge in [-0.15, -0.1) is 11.3 Å². The molecule has 2 heterocycles. The van der Waals surface area contributed by atoms with Crippen LogP contribution in [-0.4, -0.2) is 15.1 Å². The van der Waals surface area contributed by atoms with Gasteiger partial charge in [-0.2, -0.15) is 0 Å². The molecule has 0 unspecified atom stereocenters. The Morgan fingerprint density at radius 2 is 2.12 bits per heavy atom. The van der Waals surface area contributed by atoms with E-state index in [1.54, 1.807) is 23.5 Å². The lowest BCUT2D eigenvalue weighted by atomic mass is 10.3.